The standard InChI is InChI=1S/C15H18Cl2O2/c1-3-9(6-11-7-12(11)15(18)19-2)10-4-5-13(16)14(17)8-10/h4-5,8-9,11-12H,3,6-7H2,1-2H3. The first kappa shape index (κ1) is 14.7. The van der Waals surface area contributed by atoms with Gasteiger partial charge >= 0.3 is 5.97 Å². The van der Waals surface area contributed by atoms with Gasteiger partial charge in [0.1, 0.15) is 0 Å². The average Bonchev–Trinajstić information content (AvgIpc) is 3.17. The summed E-state index contributed by atoms with van der Waals surface area (Å²) in [6, 6.07) is 5.80. The van der Waals surface area contributed by atoms with E-state index in [0.29, 0.717) is 21.9 Å². The third-order valence-electron chi connectivity index (χ3n) is 3.92. The Labute approximate surface area is 124 Å². The molecule has 0 bridgehead atoms. The Hall–Kier alpha value is -0.730. The van der Waals surface area contributed by atoms with Gasteiger partial charge in [0, 0.05) is 0 Å². The molecule has 1 fully saturated rings. The molecule has 0 radical (unpaired) electrons. The number of carbonyl (C=O) groups excluding carboxylic acids is 1. The van der Waals surface area contributed by atoms with Crippen LogP contribution in [-0.2, 0) is 9.53 Å². The number of carbonyl (C=O) groups is 1. The van der Waals surface area contributed by atoms with Gasteiger partial charge in [-0.15, -0.1) is 0 Å². The lowest BCUT2D eigenvalue weighted by atomic mass is 9.91. The minimum Gasteiger partial charge on any atom is -0.469 e. The summed E-state index contributed by atoms with van der Waals surface area (Å²) in [5.74, 6) is 0.900. The monoisotopic (exact) mass is 300 g/mol. The van der Waals surface area contributed by atoms with E-state index < -0.39 is 0 Å². The second-order valence-corrected chi connectivity index (χ2v) is 5.95. The van der Waals surface area contributed by atoms with Gasteiger partial charge in [-0.3, -0.25) is 4.79 Å². The normalized spacial score (nSPS) is 22.9. The van der Waals surface area contributed by atoms with Crippen molar-refractivity contribution in [1.82, 2.24) is 0 Å². The molecular weight excluding hydrogens is 283 g/mol. The third kappa shape index (κ3) is 3.43. The van der Waals surface area contributed by atoms with Crippen LogP contribution >= 0.6 is 23.2 Å². The smallest absolute Gasteiger partial charge is 0.308 e. The number of hydrogen-bond acceptors (Lipinski definition) is 2. The van der Waals surface area contributed by atoms with E-state index in [1.54, 1.807) is 0 Å². The van der Waals surface area contributed by atoms with E-state index in [4.69, 9.17) is 27.9 Å². The first-order chi connectivity index (χ1) is 9.06. The first-order valence-corrected chi connectivity index (χ1v) is 7.35. The van der Waals surface area contributed by atoms with Gasteiger partial charge in [0.15, 0.2) is 0 Å². The maximum Gasteiger partial charge on any atom is 0.308 e. The molecule has 1 saturated carbocycles. The topological polar surface area (TPSA) is 26.3 Å². The number of esters is 1. The van der Waals surface area contributed by atoms with E-state index >= 15 is 0 Å². The quantitative estimate of drug-likeness (QED) is 0.738. The summed E-state index contributed by atoms with van der Waals surface area (Å²) in [6.07, 6.45) is 2.99. The van der Waals surface area contributed by atoms with Gasteiger partial charge in [0.05, 0.1) is 23.1 Å². The summed E-state index contributed by atoms with van der Waals surface area (Å²) in [6.45, 7) is 2.16. The summed E-state index contributed by atoms with van der Waals surface area (Å²) in [4.78, 5) is 11.4. The van der Waals surface area contributed by atoms with E-state index in [0.717, 1.165) is 19.3 Å². The lowest BCUT2D eigenvalue weighted by Crippen LogP contribution is -2.06. The van der Waals surface area contributed by atoms with E-state index in [1.807, 2.05) is 18.2 Å². The number of benzene rings is 1. The van der Waals surface area contributed by atoms with Gasteiger partial charge in [-0.1, -0.05) is 36.2 Å². The van der Waals surface area contributed by atoms with Crippen molar-refractivity contribution in [2.45, 2.75) is 32.1 Å². The van der Waals surface area contributed by atoms with Crippen LogP contribution in [0.4, 0.5) is 0 Å². The summed E-state index contributed by atoms with van der Waals surface area (Å²) in [5.41, 5.74) is 1.20. The Kier molecular flexibility index (Phi) is 4.75. The number of ether oxygens (including phenoxy) is 1. The van der Waals surface area contributed by atoms with Crippen LogP contribution in [0.15, 0.2) is 18.2 Å². The molecule has 3 atom stereocenters. The number of methoxy groups -OCH3 is 1. The summed E-state index contributed by atoms with van der Waals surface area (Å²) >= 11 is 12.0. The van der Waals surface area contributed by atoms with Crippen LogP contribution in [0.5, 0.6) is 0 Å². The van der Waals surface area contributed by atoms with Crippen molar-refractivity contribution >= 4 is 29.2 Å². The zero-order valence-electron chi connectivity index (χ0n) is 11.2. The van der Waals surface area contributed by atoms with Crippen LogP contribution in [0.3, 0.4) is 0 Å². The highest BCUT2D eigenvalue weighted by Gasteiger charge is 2.44. The number of halogens is 2. The van der Waals surface area contributed by atoms with Crippen LogP contribution in [0.2, 0.25) is 10.0 Å². The lowest BCUT2D eigenvalue weighted by Gasteiger charge is -2.16. The van der Waals surface area contributed by atoms with Crippen molar-refractivity contribution in [2.24, 2.45) is 11.8 Å². The molecule has 3 unspecified atom stereocenters. The molecule has 1 aromatic rings. The summed E-state index contributed by atoms with van der Waals surface area (Å²) < 4.78 is 4.78. The molecule has 0 aliphatic heterocycles. The maximum absolute atomic E-state index is 11.4. The summed E-state index contributed by atoms with van der Waals surface area (Å²) in [7, 11) is 1.45. The molecule has 2 nitrogen and oxygen atoms in total. The van der Waals surface area contributed by atoms with Crippen molar-refractivity contribution in [2.75, 3.05) is 7.11 Å². The van der Waals surface area contributed by atoms with Crippen molar-refractivity contribution in [3.8, 4) is 0 Å². The molecule has 1 aliphatic rings. The van der Waals surface area contributed by atoms with Crippen LogP contribution in [0.1, 0.15) is 37.7 Å². The fourth-order valence-electron chi connectivity index (χ4n) is 2.62. The highest BCUT2D eigenvalue weighted by molar-refractivity contribution is 6.42. The van der Waals surface area contributed by atoms with E-state index in [1.165, 1.54) is 12.7 Å². The van der Waals surface area contributed by atoms with E-state index in [2.05, 4.69) is 6.92 Å². The molecular formula is C15H18Cl2O2. The fraction of sp³-hybridized carbons (Fsp3) is 0.533. The Morgan fingerprint density at radius 1 is 1.42 bits per heavy atom. The van der Waals surface area contributed by atoms with Gasteiger partial charge in [-0.25, -0.2) is 0 Å². The van der Waals surface area contributed by atoms with Crippen molar-refractivity contribution < 1.29 is 9.53 Å². The highest BCUT2D eigenvalue weighted by Crippen LogP contribution is 2.46. The molecule has 0 amide bonds. The molecule has 2 rings (SSSR count). The molecule has 0 heterocycles. The average molecular weight is 301 g/mol. The largest absolute Gasteiger partial charge is 0.469 e. The second-order valence-electron chi connectivity index (χ2n) is 5.14. The minimum atomic E-state index is -0.0750. The predicted octanol–water partition coefficient (Wildman–Crippen LogP) is 4.69. The molecule has 4 heteroatoms. The second kappa shape index (κ2) is 6.15. The summed E-state index contributed by atoms with van der Waals surface area (Å²) in [5, 5.41) is 1.18. The van der Waals surface area contributed by atoms with Crippen molar-refractivity contribution in [1.29, 1.82) is 0 Å². The Morgan fingerprint density at radius 3 is 2.74 bits per heavy atom. The molecule has 0 N–H and O–H groups in total. The Morgan fingerprint density at radius 2 is 2.16 bits per heavy atom. The van der Waals surface area contributed by atoms with Gasteiger partial charge in [0.2, 0.25) is 0 Å². The fourth-order valence-corrected chi connectivity index (χ4v) is 2.92. The Bertz CT molecular complexity index is 473. The maximum atomic E-state index is 11.4. The molecule has 104 valence electrons. The van der Waals surface area contributed by atoms with Crippen LogP contribution in [-0.4, -0.2) is 13.1 Å². The lowest BCUT2D eigenvalue weighted by molar-refractivity contribution is -0.142. The minimum absolute atomic E-state index is 0.0750. The highest BCUT2D eigenvalue weighted by atomic mass is 35.5. The Balaban J connectivity index is 2.01. The molecule has 0 saturated heterocycles. The van der Waals surface area contributed by atoms with Crippen LogP contribution in [0.25, 0.3) is 0 Å². The predicted molar refractivity (Wildman–Crippen MR) is 77.7 cm³/mol. The van der Waals surface area contributed by atoms with Crippen molar-refractivity contribution in [3.05, 3.63) is 33.8 Å². The number of hydrogen-bond donors (Lipinski definition) is 0. The van der Waals surface area contributed by atoms with Crippen LogP contribution < -0.4 is 0 Å². The zero-order valence-corrected chi connectivity index (χ0v) is 12.7. The van der Waals surface area contributed by atoms with Crippen LogP contribution in [0, 0.1) is 11.8 Å². The van der Waals surface area contributed by atoms with Gasteiger partial charge in [-0.2, -0.15) is 0 Å². The molecule has 19 heavy (non-hydrogen) atoms. The van der Waals surface area contributed by atoms with Gasteiger partial charge in [-0.05, 0) is 48.8 Å². The van der Waals surface area contributed by atoms with Crippen molar-refractivity contribution in [3.63, 3.8) is 0 Å². The van der Waals surface area contributed by atoms with Gasteiger partial charge < -0.3 is 4.74 Å². The van der Waals surface area contributed by atoms with Gasteiger partial charge in [0.25, 0.3) is 0 Å². The molecule has 0 spiro atoms. The first-order valence-electron chi connectivity index (χ1n) is 6.59. The third-order valence-corrected chi connectivity index (χ3v) is 4.66. The molecule has 0 aromatic heterocycles. The van der Waals surface area contributed by atoms with E-state index in [-0.39, 0.29) is 11.9 Å². The SMILES string of the molecule is CCC(CC1CC1C(=O)OC)c1ccc(Cl)c(Cl)c1. The molecule has 1 aliphatic carbocycles. The zero-order chi connectivity index (χ0) is 14.0. The van der Waals surface area contributed by atoms with E-state index in [9.17, 15) is 4.79 Å². The number of rotatable bonds is 5. The molecule has 1 aromatic carbocycles.